The predicted molar refractivity (Wildman–Crippen MR) is 62.7 cm³/mol. The summed E-state index contributed by atoms with van der Waals surface area (Å²) in [5, 5.41) is 0. The van der Waals surface area contributed by atoms with E-state index in [4.69, 9.17) is 5.73 Å². The van der Waals surface area contributed by atoms with E-state index in [0.717, 1.165) is 26.2 Å². The molecule has 0 atom stereocenters. The average molecular weight is 214 g/mol. The van der Waals surface area contributed by atoms with Crippen molar-refractivity contribution in [3.63, 3.8) is 0 Å². The number of amides is 1. The van der Waals surface area contributed by atoms with E-state index in [0.29, 0.717) is 5.96 Å². The van der Waals surface area contributed by atoms with Gasteiger partial charge in [-0.05, 0) is 0 Å². The van der Waals surface area contributed by atoms with Crippen molar-refractivity contribution in [3.05, 3.63) is 0 Å². The second-order valence-electron chi connectivity index (χ2n) is 3.07. The first-order chi connectivity index (χ1) is 7.15. The van der Waals surface area contributed by atoms with Crippen molar-refractivity contribution in [1.82, 2.24) is 9.80 Å². The summed E-state index contributed by atoms with van der Waals surface area (Å²) in [6.07, 6.45) is 0. The second kappa shape index (κ2) is 7.09. The van der Waals surface area contributed by atoms with Crippen LogP contribution >= 0.6 is 0 Å². The number of carbonyl (C=O) groups excluding carboxylic acids is 1. The second-order valence-corrected chi connectivity index (χ2v) is 3.07. The number of hydrogen-bond acceptors (Lipinski definition) is 2. The molecule has 1 aliphatic rings. The van der Waals surface area contributed by atoms with Crippen LogP contribution < -0.4 is 5.73 Å². The molecule has 1 rings (SSSR count). The molecule has 0 saturated carbocycles. The van der Waals surface area contributed by atoms with Gasteiger partial charge in [0.15, 0.2) is 5.96 Å². The Morgan fingerprint density at radius 2 is 1.53 bits per heavy atom. The van der Waals surface area contributed by atoms with E-state index < -0.39 is 0 Å². The maximum atomic E-state index is 11.0. The first-order valence-electron chi connectivity index (χ1n) is 5.38. The Kier molecular flexibility index (Phi) is 6.49. The number of aliphatic imine (C=N–C) groups is 1. The zero-order valence-electron chi connectivity index (χ0n) is 10.2. The van der Waals surface area contributed by atoms with Crippen LogP contribution in [0.25, 0.3) is 0 Å². The third kappa shape index (κ3) is 4.18. The van der Waals surface area contributed by atoms with Crippen molar-refractivity contribution in [2.24, 2.45) is 10.7 Å². The Morgan fingerprint density at radius 1 is 1.13 bits per heavy atom. The third-order valence-corrected chi connectivity index (χ3v) is 2.28. The summed E-state index contributed by atoms with van der Waals surface area (Å²) >= 11 is 0. The maximum absolute atomic E-state index is 11.0. The van der Waals surface area contributed by atoms with Crippen LogP contribution in [0.1, 0.15) is 20.8 Å². The molecule has 88 valence electrons. The minimum Gasteiger partial charge on any atom is -0.370 e. The van der Waals surface area contributed by atoms with Gasteiger partial charge in [-0.25, -0.2) is 0 Å². The Bertz CT molecular complexity index is 219. The lowest BCUT2D eigenvalue weighted by molar-refractivity contribution is -0.130. The fourth-order valence-electron chi connectivity index (χ4n) is 1.39. The Labute approximate surface area is 91.9 Å². The molecular formula is C10H22N4O. The monoisotopic (exact) mass is 214 g/mol. The standard InChI is InChI=1S/C8H16N4O.C2H6/c1-7(13)11-3-5-12(6-4-11)8(9)10-2;1-2/h3-6H2,1-2H3,(H2,9,10);1-2H3. The fraction of sp³-hybridized carbons (Fsp3) is 0.800. The van der Waals surface area contributed by atoms with Crippen LogP contribution in [0.2, 0.25) is 0 Å². The van der Waals surface area contributed by atoms with Crippen LogP contribution in [0, 0.1) is 0 Å². The molecule has 0 aromatic carbocycles. The summed E-state index contributed by atoms with van der Waals surface area (Å²) in [6.45, 7) is 8.63. The molecule has 1 amide bonds. The van der Waals surface area contributed by atoms with Gasteiger partial charge in [0.25, 0.3) is 0 Å². The van der Waals surface area contributed by atoms with Crippen molar-refractivity contribution >= 4 is 11.9 Å². The van der Waals surface area contributed by atoms with E-state index in [9.17, 15) is 4.79 Å². The normalized spacial score (nSPS) is 16.9. The fourth-order valence-corrected chi connectivity index (χ4v) is 1.39. The summed E-state index contributed by atoms with van der Waals surface area (Å²) in [6, 6.07) is 0. The molecule has 15 heavy (non-hydrogen) atoms. The van der Waals surface area contributed by atoms with E-state index in [1.165, 1.54) is 0 Å². The van der Waals surface area contributed by atoms with E-state index >= 15 is 0 Å². The highest BCUT2D eigenvalue weighted by Gasteiger charge is 2.18. The molecule has 2 N–H and O–H groups in total. The Balaban J connectivity index is 0.000000921. The van der Waals surface area contributed by atoms with Crippen molar-refractivity contribution < 1.29 is 4.79 Å². The molecule has 0 aromatic rings. The zero-order chi connectivity index (χ0) is 11.8. The lowest BCUT2D eigenvalue weighted by atomic mass is 10.3. The number of guanidine groups is 1. The summed E-state index contributed by atoms with van der Waals surface area (Å²) in [4.78, 5) is 18.7. The van der Waals surface area contributed by atoms with Gasteiger partial charge in [-0.2, -0.15) is 0 Å². The van der Waals surface area contributed by atoms with Gasteiger partial charge in [0, 0.05) is 40.2 Å². The van der Waals surface area contributed by atoms with Crippen molar-refractivity contribution in [1.29, 1.82) is 0 Å². The molecular weight excluding hydrogens is 192 g/mol. The molecule has 0 unspecified atom stereocenters. The number of carbonyl (C=O) groups is 1. The van der Waals surface area contributed by atoms with Gasteiger partial charge >= 0.3 is 0 Å². The highest BCUT2D eigenvalue weighted by molar-refractivity contribution is 5.78. The summed E-state index contributed by atoms with van der Waals surface area (Å²) in [5.74, 6) is 0.690. The van der Waals surface area contributed by atoms with E-state index in [-0.39, 0.29) is 5.91 Å². The Morgan fingerprint density at radius 3 is 1.87 bits per heavy atom. The molecule has 1 fully saturated rings. The van der Waals surface area contributed by atoms with Gasteiger partial charge in [-0.1, -0.05) is 13.8 Å². The molecule has 5 heteroatoms. The number of hydrogen-bond donors (Lipinski definition) is 1. The first-order valence-corrected chi connectivity index (χ1v) is 5.38. The molecule has 0 aromatic heterocycles. The molecule has 0 spiro atoms. The highest BCUT2D eigenvalue weighted by Crippen LogP contribution is 2.00. The number of rotatable bonds is 0. The summed E-state index contributed by atoms with van der Waals surface area (Å²) in [7, 11) is 1.67. The van der Waals surface area contributed by atoms with Crippen molar-refractivity contribution in [2.45, 2.75) is 20.8 Å². The van der Waals surface area contributed by atoms with Crippen LogP contribution in [0.4, 0.5) is 0 Å². The van der Waals surface area contributed by atoms with E-state index in [1.54, 1.807) is 14.0 Å². The molecule has 1 heterocycles. The summed E-state index contributed by atoms with van der Waals surface area (Å²) in [5.41, 5.74) is 5.64. The van der Waals surface area contributed by atoms with Gasteiger partial charge in [0.05, 0.1) is 0 Å². The van der Waals surface area contributed by atoms with Gasteiger partial charge in [0.2, 0.25) is 5.91 Å². The number of piperazine rings is 1. The molecule has 1 aliphatic heterocycles. The SMILES string of the molecule is CC.CN=C(N)N1CCN(C(C)=O)CC1. The minimum absolute atomic E-state index is 0.131. The minimum atomic E-state index is 0.131. The molecule has 0 radical (unpaired) electrons. The molecule has 1 saturated heterocycles. The third-order valence-electron chi connectivity index (χ3n) is 2.28. The highest BCUT2D eigenvalue weighted by atomic mass is 16.2. The molecule has 0 aliphatic carbocycles. The van der Waals surface area contributed by atoms with Crippen LogP contribution in [0.3, 0.4) is 0 Å². The van der Waals surface area contributed by atoms with Crippen LogP contribution in [0.15, 0.2) is 4.99 Å². The maximum Gasteiger partial charge on any atom is 0.219 e. The van der Waals surface area contributed by atoms with Crippen molar-refractivity contribution in [3.8, 4) is 0 Å². The Hall–Kier alpha value is -1.26. The van der Waals surface area contributed by atoms with Crippen LogP contribution in [-0.2, 0) is 4.79 Å². The smallest absolute Gasteiger partial charge is 0.219 e. The van der Waals surface area contributed by atoms with Gasteiger partial charge < -0.3 is 15.5 Å². The molecule has 0 bridgehead atoms. The zero-order valence-corrected chi connectivity index (χ0v) is 10.2. The lowest BCUT2D eigenvalue weighted by Gasteiger charge is -2.34. The summed E-state index contributed by atoms with van der Waals surface area (Å²) < 4.78 is 0. The number of nitrogens with zero attached hydrogens (tertiary/aromatic N) is 3. The van der Waals surface area contributed by atoms with Gasteiger partial charge in [-0.3, -0.25) is 9.79 Å². The van der Waals surface area contributed by atoms with Gasteiger partial charge in [0.1, 0.15) is 0 Å². The van der Waals surface area contributed by atoms with Crippen molar-refractivity contribution in [2.75, 3.05) is 33.2 Å². The predicted octanol–water partition coefficient (Wildman–Crippen LogP) is 0.121. The quantitative estimate of drug-likeness (QED) is 0.460. The first kappa shape index (κ1) is 13.7. The largest absolute Gasteiger partial charge is 0.370 e. The topological polar surface area (TPSA) is 61.9 Å². The lowest BCUT2D eigenvalue weighted by Crippen LogP contribution is -2.52. The average Bonchev–Trinajstić information content (AvgIpc) is 2.31. The number of nitrogens with two attached hydrogens (primary N) is 1. The molecule has 5 nitrogen and oxygen atoms in total. The van der Waals surface area contributed by atoms with E-state index in [1.807, 2.05) is 23.6 Å². The van der Waals surface area contributed by atoms with E-state index in [2.05, 4.69) is 4.99 Å². The van der Waals surface area contributed by atoms with Gasteiger partial charge in [-0.15, -0.1) is 0 Å². The van der Waals surface area contributed by atoms with Crippen LogP contribution in [-0.4, -0.2) is 54.9 Å². The van der Waals surface area contributed by atoms with Crippen LogP contribution in [0.5, 0.6) is 0 Å².